The molecule has 1 N–H and O–H groups in total. The fourth-order valence-corrected chi connectivity index (χ4v) is 1.99. The number of anilines is 2. The molecule has 21 heavy (non-hydrogen) atoms. The number of aromatic nitrogens is 2. The Labute approximate surface area is 128 Å². The first-order valence-corrected chi connectivity index (χ1v) is 6.55. The minimum Gasteiger partial charge on any atom is -0.493 e. The van der Waals surface area contributed by atoms with Crippen molar-refractivity contribution in [2.24, 2.45) is 0 Å². The topological polar surface area (TPSA) is 65.5 Å². The summed E-state index contributed by atoms with van der Waals surface area (Å²) < 4.78 is 15.5. The SMILES string of the molecule is COCc1nc(Cl)cc(Nc2ccc(OC)c(OC)c2)n1. The lowest BCUT2D eigenvalue weighted by atomic mass is 10.2. The van der Waals surface area contributed by atoms with Crippen molar-refractivity contribution in [1.29, 1.82) is 0 Å². The van der Waals surface area contributed by atoms with Gasteiger partial charge in [-0.2, -0.15) is 0 Å². The van der Waals surface area contributed by atoms with Crippen LogP contribution in [0.4, 0.5) is 11.5 Å². The van der Waals surface area contributed by atoms with Gasteiger partial charge in [0.25, 0.3) is 0 Å². The maximum atomic E-state index is 5.97. The molecular weight excluding hydrogens is 294 g/mol. The van der Waals surface area contributed by atoms with Crippen molar-refractivity contribution in [2.45, 2.75) is 6.61 Å². The molecule has 0 aliphatic carbocycles. The normalized spacial score (nSPS) is 10.3. The van der Waals surface area contributed by atoms with Crippen molar-refractivity contribution in [2.75, 3.05) is 26.6 Å². The summed E-state index contributed by atoms with van der Waals surface area (Å²) in [5, 5.41) is 3.49. The largest absolute Gasteiger partial charge is 0.493 e. The molecule has 0 fully saturated rings. The zero-order valence-corrected chi connectivity index (χ0v) is 12.8. The van der Waals surface area contributed by atoms with Gasteiger partial charge >= 0.3 is 0 Å². The summed E-state index contributed by atoms with van der Waals surface area (Å²) in [5.74, 6) is 2.37. The average Bonchev–Trinajstić information content (AvgIpc) is 2.46. The summed E-state index contributed by atoms with van der Waals surface area (Å²) in [7, 11) is 4.75. The monoisotopic (exact) mass is 309 g/mol. The van der Waals surface area contributed by atoms with Crippen LogP contribution in [0.25, 0.3) is 0 Å². The molecule has 0 atom stereocenters. The minimum absolute atomic E-state index is 0.293. The van der Waals surface area contributed by atoms with Crippen molar-refractivity contribution in [1.82, 2.24) is 9.97 Å². The Morgan fingerprint density at radius 2 is 1.81 bits per heavy atom. The summed E-state index contributed by atoms with van der Waals surface area (Å²) in [6, 6.07) is 7.11. The molecule has 0 unspecified atom stereocenters. The van der Waals surface area contributed by atoms with Crippen LogP contribution in [-0.4, -0.2) is 31.3 Å². The molecule has 6 nitrogen and oxygen atoms in total. The Morgan fingerprint density at radius 3 is 2.48 bits per heavy atom. The van der Waals surface area contributed by atoms with E-state index in [2.05, 4.69) is 15.3 Å². The van der Waals surface area contributed by atoms with Crippen molar-refractivity contribution in [3.63, 3.8) is 0 Å². The molecule has 7 heteroatoms. The summed E-state index contributed by atoms with van der Waals surface area (Å²) >= 11 is 5.97. The molecule has 0 saturated carbocycles. The molecule has 2 rings (SSSR count). The number of ether oxygens (including phenoxy) is 3. The lowest BCUT2D eigenvalue weighted by molar-refractivity contribution is 0.178. The first kappa shape index (κ1) is 15.3. The van der Waals surface area contributed by atoms with E-state index in [1.54, 1.807) is 33.5 Å². The van der Waals surface area contributed by atoms with E-state index in [-0.39, 0.29) is 0 Å². The number of benzene rings is 1. The lowest BCUT2D eigenvalue weighted by Crippen LogP contribution is -2.02. The summed E-state index contributed by atoms with van der Waals surface area (Å²) in [5.41, 5.74) is 0.797. The first-order chi connectivity index (χ1) is 10.2. The van der Waals surface area contributed by atoms with Crippen LogP contribution in [0.2, 0.25) is 5.15 Å². The zero-order valence-electron chi connectivity index (χ0n) is 12.0. The number of halogens is 1. The van der Waals surface area contributed by atoms with Crippen LogP contribution in [0.1, 0.15) is 5.82 Å². The second kappa shape index (κ2) is 7.10. The van der Waals surface area contributed by atoms with Gasteiger partial charge in [0.1, 0.15) is 17.6 Å². The maximum Gasteiger partial charge on any atom is 0.162 e. The predicted molar refractivity (Wildman–Crippen MR) is 80.6 cm³/mol. The van der Waals surface area contributed by atoms with Crippen LogP contribution in [0.15, 0.2) is 24.3 Å². The highest BCUT2D eigenvalue weighted by Crippen LogP contribution is 2.31. The number of nitrogens with one attached hydrogen (secondary N) is 1. The first-order valence-electron chi connectivity index (χ1n) is 6.17. The van der Waals surface area contributed by atoms with Gasteiger partial charge in [-0.1, -0.05) is 11.6 Å². The fourth-order valence-electron chi connectivity index (χ4n) is 1.78. The molecule has 1 aromatic carbocycles. The molecule has 0 spiro atoms. The third kappa shape index (κ3) is 3.96. The van der Waals surface area contributed by atoms with Gasteiger partial charge in [0.05, 0.1) is 14.2 Å². The Morgan fingerprint density at radius 1 is 1.05 bits per heavy atom. The van der Waals surface area contributed by atoms with E-state index in [1.807, 2.05) is 12.1 Å². The number of rotatable bonds is 6. The van der Waals surface area contributed by atoms with Gasteiger partial charge in [-0.05, 0) is 12.1 Å². The van der Waals surface area contributed by atoms with Crippen molar-refractivity contribution in [3.05, 3.63) is 35.2 Å². The number of nitrogens with zero attached hydrogens (tertiary/aromatic N) is 2. The smallest absolute Gasteiger partial charge is 0.162 e. The maximum absolute atomic E-state index is 5.97. The molecule has 0 aliphatic rings. The number of hydrogen-bond acceptors (Lipinski definition) is 6. The minimum atomic E-state index is 0.293. The van der Waals surface area contributed by atoms with Crippen LogP contribution >= 0.6 is 11.6 Å². The Hall–Kier alpha value is -2.05. The molecule has 1 aromatic heterocycles. The van der Waals surface area contributed by atoms with E-state index in [1.165, 1.54) is 0 Å². The van der Waals surface area contributed by atoms with E-state index in [9.17, 15) is 0 Å². The molecule has 0 aliphatic heterocycles. The quantitative estimate of drug-likeness (QED) is 0.827. The van der Waals surface area contributed by atoms with Crippen molar-refractivity contribution in [3.8, 4) is 11.5 Å². The zero-order chi connectivity index (χ0) is 15.2. The number of hydrogen-bond donors (Lipinski definition) is 1. The van der Waals surface area contributed by atoms with Gasteiger partial charge in [0.15, 0.2) is 17.3 Å². The third-order valence-electron chi connectivity index (χ3n) is 2.67. The van der Waals surface area contributed by atoms with Gasteiger partial charge < -0.3 is 19.5 Å². The third-order valence-corrected chi connectivity index (χ3v) is 2.86. The van der Waals surface area contributed by atoms with Crippen LogP contribution in [0, 0.1) is 0 Å². The molecule has 0 bridgehead atoms. The van der Waals surface area contributed by atoms with E-state index in [0.29, 0.717) is 34.9 Å². The molecule has 0 amide bonds. The van der Waals surface area contributed by atoms with E-state index in [0.717, 1.165) is 5.69 Å². The second-order valence-electron chi connectivity index (χ2n) is 4.12. The van der Waals surface area contributed by atoms with E-state index < -0.39 is 0 Å². The van der Waals surface area contributed by atoms with Gasteiger partial charge in [0.2, 0.25) is 0 Å². The van der Waals surface area contributed by atoms with E-state index >= 15 is 0 Å². The lowest BCUT2D eigenvalue weighted by Gasteiger charge is -2.11. The van der Waals surface area contributed by atoms with Gasteiger partial charge in [-0.15, -0.1) is 0 Å². The molecule has 112 valence electrons. The van der Waals surface area contributed by atoms with Crippen LogP contribution in [-0.2, 0) is 11.3 Å². The van der Waals surface area contributed by atoms with E-state index in [4.69, 9.17) is 25.8 Å². The molecular formula is C14H16ClN3O3. The highest BCUT2D eigenvalue weighted by Gasteiger charge is 2.07. The standard InChI is InChI=1S/C14H16ClN3O3/c1-19-8-14-17-12(15)7-13(18-14)16-9-4-5-10(20-2)11(6-9)21-3/h4-7H,8H2,1-3H3,(H,16,17,18). The molecule has 0 saturated heterocycles. The molecule has 0 radical (unpaired) electrons. The summed E-state index contributed by atoms with van der Waals surface area (Å²) in [6.45, 7) is 0.293. The molecule has 2 aromatic rings. The summed E-state index contributed by atoms with van der Waals surface area (Å²) in [6.07, 6.45) is 0. The van der Waals surface area contributed by atoms with Crippen molar-refractivity contribution < 1.29 is 14.2 Å². The fraction of sp³-hybridized carbons (Fsp3) is 0.286. The van der Waals surface area contributed by atoms with Crippen LogP contribution < -0.4 is 14.8 Å². The molecule has 1 heterocycles. The van der Waals surface area contributed by atoms with Crippen LogP contribution in [0.3, 0.4) is 0 Å². The van der Waals surface area contributed by atoms with Gasteiger partial charge in [-0.3, -0.25) is 0 Å². The Bertz CT molecular complexity index is 622. The number of methoxy groups -OCH3 is 3. The average molecular weight is 310 g/mol. The Kier molecular flexibility index (Phi) is 5.19. The highest BCUT2D eigenvalue weighted by atomic mass is 35.5. The van der Waals surface area contributed by atoms with Gasteiger partial charge in [-0.25, -0.2) is 9.97 Å². The second-order valence-corrected chi connectivity index (χ2v) is 4.51. The Balaban J connectivity index is 2.25. The predicted octanol–water partition coefficient (Wildman–Crippen LogP) is 3.04. The van der Waals surface area contributed by atoms with Crippen LogP contribution in [0.5, 0.6) is 11.5 Å². The van der Waals surface area contributed by atoms with Crippen molar-refractivity contribution >= 4 is 23.1 Å². The van der Waals surface area contributed by atoms with Gasteiger partial charge in [0, 0.05) is 24.9 Å². The highest BCUT2D eigenvalue weighted by molar-refractivity contribution is 6.29. The summed E-state index contributed by atoms with van der Waals surface area (Å²) in [4.78, 5) is 8.38.